The fourth-order valence-corrected chi connectivity index (χ4v) is 2.10. The van der Waals surface area contributed by atoms with E-state index in [4.69, 9.17) is 11.6 Å². The molecule has 1 aromatic heterocycles. The molecule has 0 fully saturated rings. The number of halogens is 4. The number of alkyl halides is 3. The summed E-state index contributed by atoms with van der Waals surface area (Å²) in [6.45, 7) is -0.271. The second-order valence-electron chi connectivity index (χ2n) is 4.59. The van der Waals surface area contributed by atoms with Crippen molar-refractivity contribution >= 4 is 29.5 Å². The van der Waals surface area contributed by atoms with Gasteiger partial charge >= 0.3 is 12.0 Å². The highest BCUT2D eigenvalue weighted by atomic mass is 35.5. The van der Waals surface area contributed by atoms with Gasteiger partial charge in [-0.1, -0.05) is 11.6 Å². The zero-order valence-corrected chi connectivity index (χ0v) is 12.0. The van der Waals surface area contributed by atoms with Gasteiger partial charge < -0.3 is 15.2 Å². The molecular formula is C10H9ClF3N5O4. The van der Waals surface area contributed by atoms with Crippen LogP contribution in [0.5, 0.6) is 0 Å². The number of hydrogen-bond acceptors (Lipinski definition) is 6. The van der Waals surface area contributed by atoms with Gasteiger partial charge in [0.05, 0.1) is 24.3 Å². The first-order chi connectivity index (χ1) is 10.6. The van der Waals surface area contributed by atoms with Gasteiger partial charge in [-0.05, 0) is 4.92 Å². The third-order valence-electron chi connectivity index (χ3n) is 3.04. The van der Waals surface area contributed by atoms with E-state index in [0.29, 0.717) is 0 Å². The number of amides is 1. The van der Waals surface area contributed by atoms with Gasteiger partial charge in [-0.25, -0.2) is 0 Å². The van der Waals surface area contributed by atoms with Gasteiger partial charge in [-0.2, -0.15) is 28.0 Å². The lowest BCUT2D eigenvalue weighted by Crippen LogP contribution is -2.56. The molecule has 0 aromatic carbocycles. The molecule has 1 aliphatic rings. The number of aliphatic hydroxyl groups is 1. The molecule has 0 spiro atoms. The van der Waals surface area contributed by atoms with Gasteiger partial charge in [0.15, 0.2) is 5.02 Å². The Hall–Kier alpha value is -2.21. The summed E-state index contributed by atoms with van der Waals surface area (Å²) in [5, 5.41) is 26.6. The SMILES string of the molecule is O=C(CCn1cc(Cl)c([N+](=O)[O-])n1)N1N=CCC1(O)C(F)(F)F. The van der Waals surface area contributed by atoms with Crippen molar-refractivity contribution in [1.82, 2.24) is 14.8 Å². The van der Waals surface area contributed by atoms with Crippen LogP contribution in [0, 0.1) is 10.1 Å². The average molecular weight is 356 g/mol. The number of rotatable bonds is 4. The Balaban J connectivity index is 2.06. The zero-order valence-electron chi connectivity index (χ0n) is 11.2. The molecule has 1 aromatic rings. The van der Waals surface area contributed by atoms with Gasteiger partial charge in [0.1, 0.15) is 0 Å². The van der Waals surface area contributed by atoms with Crippen molar-refractivity contribution in [2.45, 2.75) is 31.3 Å². The molecule has 1 unspecified atom stereocenters. The Bertz CT molecular complexity index is 676. The summed E-state index contributed by atoms with van der Waals surface area (Å²) in [5.74, 6) is -1.75. The quantitative estimate of drug-likeness (QED) is 0.646. The van der Waals surface area contributed by atoms with E-state index in [1.807, 2.05) is 0 Å². The zero-order chi connectivity index (χ0) is 17.4. The molecule has 0 bridgehead atoms. The molecule has 1 N–H and O–H groups in total. The maximum atomic E-state index is 12.8. The van der Waals surface area contributed by atoms with Crippen molar-refractivity contribution in [3.63, 3.8) is 0 Å². The first-order valence-electron chi connectivity index (χ1n) is 6.08. The number of aryl methyl sites for hydroxylation is 1. The molecule has 0 saturated carbocycles. The van der Waals surface area contributed by atoms with Gasteiger partial charge in [0, 0.05) is 12.6 Å². The average Bonchev–Trinajstić information content (AvgIpc) is 2.99. The van der Waals surface area contributed by atoms with E-state index in [1.54, 1.807) is 0 Å². The van der Waals surface area contributed by atoms with Crippen molar-refractivity contribution < 1.29 is 28.0 Å². The van der Waals surface area contributed by atoms with Crippen molar-refractivity contribution in [2.24, 2.45) is 5.10 Å². The first-order valence-corrected chi connectivity index (χ1v) is 6.46. The highest BCUT2D eigenvalue weighted by Gasteiger charge is 2.61. The summed E-state index contributed by atoms with van der Waals surface area (Å²) < 4.78 is 39.4. The number of nitrogens with zero attached hydrogens (tertiary/aromatic N) is 5. The number of nitro groups is 1. The van der Waals surface area contributed by atoms with E-state index >= 15 is 0 Å². The second-order valence-corrected chi connectivity index (χ2v) is 5.00. The predicted octanol–water partition coefficient (Wildman–Crippen LogP) is 1.30. The highest BCUT2D eigenvalue weighted by Crippen LogP contribution is 2.38. The maximum absolute atomic E-state index is 12.8. The summed E-state index contributed by atoms with van der Waals surface area (Å²) >= 11 is 5.55. The lowest BCUT2D eigenvalue weighted by atomic mass is 10.1. The topological polar surface area (TPSA) is 114 Å². The molecule has 0 aliphatic carbocycles. The first kappa shape index (κ1) is 17.1. The van der Waals surface area contributed by atoms with E-state index < -0.39 is 41.4 Å². The van der Waals surface area contributed by atoms with Crippen LogP contribution >= 0.6 is 11.6 Å². The molecular weight excluding hydrogens is 347 g/mol. The Kier molecular flexibility index (Phi) is 4.30. The highest BCUT2D eigenvalue weighted by molar-refractivity contribution is 6.32. The fraction of sp³-hybridized carbons (Fsp3) is 0.500. The summed E-state index contributed by atoms with van der Waals surface area (Å²) in [6.07, 6.45) is -4.63. The van der Waals surface area contributed by atoms with Crippen molar-refractivity contribution in [1.29, 1.82) is 0 Å². The van der Waals surface area contributed by atoms with Gasteiger partial charge in [-0.3, -0.25) is 4.79 Å². The Morgan fingerprint density at radius 3 is 2.74 bits per heavy atom. The normalized spacial score (nSPS) is 21.0. The van der Waals surface area contributed by atoms with Crippen LogP contribution in [0.25, 0.3) is 0 Å². The molecule has 2 heterocycles. The van der Waals surface area contributed by atoms with Crippen LogP contribution in [-0.4, -0.2) is 48.8 Å². The van der Waals surface area contributed by atoms with Crippen LogP contribution in [0.15, 0.2) is 11.3 Å². The Morgan fingerprint density at radius 2 is 2.22 bits per heavy atom. The summed E-state index contributed by atoms with van der Waals surface area (Å²) in [4.78, 5) is 21.6. The molecule has 23 heavy (non-hydrogen) atoms. The molecule has 126 valence electrons. The molecule has 13 heteroatoms. The van der Waals surface area contributed by atoms with Crippen LogP contribution in [-0.2, 0) is 11.3 Å². The van der Waals surface area contributed by atoms with Crippen molar-refractivity contribution in [3.8, 4) is 0 Å². The van der Waals surface area contributed by atoms with Crippen LogP contribution in [0.1, 0.15) is 12.8 Å². The van der Waals surface area contributed by atoms with Gasteiger partial charge in [-0.15, -0.1) is 0 Å². The van der Waals surface area contributed by atoms with Crippen molar-refractivity contribution in [3.05, 3.63) is 21.3 Å². The number of carbonyl (C=O) groups excluding carboxylic acids is 1. The number of aromatic nitrogens is 2. The van der Waals surface area contributed by atoms with Gasteiger partial charge in [0.25, 0.3) is 5.72 Å². The number of hydrazone groups is 1. The van der Waals surface area contributed by atoms with Crippen LogP contribution in [0.3, 0.4) is 0 Å². The van der Waals surface area contributed by atoms with Crippen LogP contribution in [0.2, 0.25) is 5.02 Å². The summed E-state index contributed by atoms with van der Waals surface area (Å²) in [6, 6.07) is 0. The lowest BCUT2D eigenvalue weighted by molar-refractivity contribution is -0.389. The predicted molar refractivity (Wildman–Crippen MR) is 69.5 cm³/mol. The lowest BCUT2D eigenvalue weighted by Gasteiger charge is -2.32. The van der Waals surface area contributed by atoms with E-state index in [1.165, 1.54) is 0 Å². The van der Waals surface area contributed by atoms with E-state index in [2.05, 4.69) is 10.2 Å². The van der Waals surface area contributed by atoms with Crippen LogP contribution in [0.4, 0.5) is 19.0 Å². The number of hydrogen-bond donors (Lipinski definition) is 1. The molecule has 1 atom stereocenters. The molecule has 1 amide bonds. The fourth-order valence-electron chi connectivity index (χ4n) is 1.88. The van der Waals surface area contributed by atoms with Gasteiger partial charge in [0.2, 0.25) is 5.91 Å². The molecule has 2 rings (SSSR count). The standard InChI is InChI=1S/C10H9ClF3N5O4/c11-6-5-17(16-8(6)19(22)23)4-1-7(20)18-9(21,2-3-15-18)10(12,13)14/h3,5,21H,1-2,4H2. The van der Waals surface area contributed by atoms with E-state index in [9.17, 15) is 33.2 Å². The van der Waals surface area contributed by atoms with E-state index in [0.717, 1.165) is 17.1 Å². The number of carbonyl (C=O) groups is 1. The minimum absolute atomic E-state index is 0.0491. The Morgan fingerprint density at radius 1 is 1.57 bits per heavy atom. The largest absolute Gasteiger partial charge is 0.438 e. The third kappa shape index (κ3) is 3.12. The van der Waals surface area contributed by atoms with E-state index in [-0.39, 0.29) is 16.6 Å². The second kappa shape index (κ2) is 5.77. The molecule has 9 nitrogen and oxygen atoms in total. The maximum Gasteiger partial charge on any atom is 0.438 e. The third-order valence-corrected chi connectivity index (χ3v) is 3.31. The minimum Gasteiger partial charge on any atom is -0.362 e. The Labute approximate surface area is 131 Å². The summed E-state index contributed by atoms with van der Waals surface area (Å²) in [5.41, 5.74) is -3.39. The monoisotopic (exact) mass is 355 g/mol. The van der Waals surface area contributed by atoms with Crippen molar-refractivity contribution in [2.75, 3.05) is 0 Å². The smallest absolute Gasteiger partial charge is 0.362 e. The molecule has 0 saturated heterocycles. The minimum atomic E-state index is -5.08. The molecule has 1 aliphatic heterocycles. The van der Waals surface area contributed by atoms with Crippen LogP contribution < -0.4 is 0 Å². The summed E-state index contributed by atoms with van der Waals surface area (Å²) in [7, 11) is 0. The molecule has 0 radical (unpaired) electrons.